The maximum atomic E-state index is 11.5. The second kappa shape index (κ2) is 8.82. The van der Waals surface area contributed by atoms with Crippen LogP contribution in [0.1, 0.15) is 6.92 Å². The Morgan fingerprint density at radius 2 is 1.85 bits per heavy atom. The van der Waals surface area contributed by atoms with Gasteiger partial charge in [-0.1, -0.05) is 0 Å². The van der Waals surface area contributed by atoms with Gasteiger partial charge in [-0.05, 0) is 24.3 Å². The van der Waals surface area contributed by atoms with Crippen molar-refractivity contribution in [1.29, 1.82) is 0 Å². The van der Waals surface area contributed by atoms with E-state index in [9.17, 15) is 23.4 Å². The average molecular weight is 407 g/mol. The number of hydrogen-bond acceptors (Lipinski definition) is 9. The second-order valence-corrected chi connectivity index (χ2v) is 6.77. The highest BCUT2D eigenvalue weighted by molar-refractivity contribution is 7.80. The van der Waals surface area contributed by atoms with E-state index in [1.807, 2.05) is 0 Å². The molecule has 1 aromatic carbocycles. The number of benzene rings is 1. The van der Waals surface area contributed by atoms with Gasteiger partial charge in [0.15, 0.2) is 0 Å². The fourth-order valence-electron chi connectivity index (χ4n) is 2.60. The van der Waals surface area contributed by atoms with E-state index in [1.54, 1.807) is 24.3 Å². The van der Waals surface area contributed by atoms with Gasteiger partial charge in [-0.25, -0.2) is 4.18 Å². The molecule has 1 aliphatic heterocycles. The number of methoxy groups -OCH3 is 1. The van der Waals surface area contributed by atoms with Crippen molar-refractivity contribution >= 4 is 16.3 Å². The lowest BCUT2D eigenvalue weighted by atomic mass is 9.97. The summed E-state index contributed by atoms with van der Waals surface area (Å²) in [6, 6.07) is 5.06. The van der Waals surface area contributed by atoms with Crippen molar-refractivity contribution in [1.82, 2.24) is 5.32 Å². The second-order valence-electron chi connectivity index (χ2n) is 5.72. The van der Waals surface area contributed by atoms with E-state index in [-0.39, 0.29) is 0 Å². The lowest BCUT2D eigenvalue weighted by Gasteiger charge is -2.43. The molecule has 0 saturated carbocycles. The molecule has 0 aromatic heterocycles. The van der Waals surface area contributed by atoms with Crippen molar-refractivity contribution in [2.24, 2.45) is 0 Å². The van der Waals surface area contributed by atoms with Crippen molar-refractivity contribution in [3.63, 3.8) is 0 Å². The third-order valence-corrected chi connectivity index (χ3v) is 4.23. The molecule has 1 amide bonds. The summed E-state index contributed by atoms with van der Waals surface area (Å²) in [6.07, 6.45) is -5.98. The van der Waals surface area contributed by atoms with Crippen LogP contribution in [0.4, 0.5) is 0 Å². The Hall–Kier alpha value is -1.96. The van der Waals surface area contributed by atoms with Crippen LogP contribution in [0.25, 0.3) is 0 Å². The van der Waals surface area contributed by atoms with E-state index in [0.29, 0.717) is 11.5 Å². The molecule has 5 atom stereocenters. The van der Waals surface area contributed by atoms with Crippen LogP contribution in [0, 0.1) is 0 Å². The van der Waals surface area contributed by atoms with Crippen LogP contribution >= 0.6 is 0 Å². The molecule has 4 N–H and O–H groups in total. The molecule has 0 aliphatic carbocycles. The maximum absolute atomic E-state index is 11.5. The van der Waals surface area contributed by atoms with Crippen molar-refractivity contribution in [2.45, 2.75) is 37.6 Å². The first kappa shape index (κ1) is 21.3. The Labute approximate surface area is 155 Å². The Morgan fingerprint density at radius 1 is 1.26 bits per heavy atom. The average Bonchev–Trinajstić information content (AvgIpc) is 2.59. The van der Waals surface area contributed by atoms with Crippen molar-refractivity contribution in [3.8, 4) is 11.5 Å². The summed E-state index contributed by atoms with van der Waals surface area (Å²) in [7, 11) is -3.46. The molecular weight excluding hydrogens is 386 g/mol. The van der Waals surface area contributed by atoms with E-state index >= 15 is 0 Å². The highest BCUT2D eigenvalue weighted by Gasteiger charge is 2.49. The summed E-state index contributed by atoms with van der Waals surface area (Å²) in [5.74, 6) is 0.313. The van der Waals surface area contributed by atoms with Crippen LogP contribution < -0.4 is 14.8 Å². The normalized spacial score (nSPS) is 28.4. The standard InChI is InChI=1S/C15H21NO10S/c1-8(18)16-12-13(19)14(26-27(20,21)22)11(7-17)25-15(12)24-10-5-3-9(23-2)4-6-10/h3-6,11-15,17,19H,7H2,1-2H3,(H,16,18)(H,20,21,22)/t11?,12?,13-,14+,15-/m1/s1. The summed E-state index contributed by atoms with van der Waals surface area (Å²) in [6.45, 7) is 0.431. The summed E-state index contributed by atoms with van der Waals surface area (Å²) in [5, 5.41) is 22.3. The lowest BCUT2D eigenvalue weighted by Crippen LogP contribution is -2.66. The largest absolute Gasteiger partial charge is 0.497 e. The predicted octanol–water partition coefficient (Wildman–Crippen LogP) is -1.16. The molecule has 12 heteroatoms. The first-order valence-corrected chi connectivity index (χ1v) is 9.19. The van der Waals surface area contributed by atoms with Crippen LogP contribution in [-0.2, 0) is 24.1 Å². The fourth-order valence-corrected chi connectivity index (χ4v) is 3.12. The molecule has 11 nitrogen and oxygen atoms in total. The first-order chi connectivity index (χ1) is 12.6. The van der Waals surface area contributed by atoms with Crippen LogP contribution in [0.3, 0.4) is 0 Å². The number of rotatable bonds is 7. The maximum Gasteiger partial charge on any atom is 0.397 e. The first-order valence-electron chi connectivity index (χ1n) is 7.82. The molecule has 0 radical (unpaired) electrons. The molecule has 1 heterocycles. The minimum atomic E-state index is -4.95. The zero-order valence-corrected chi connectivity index (χ0v) is 15.3. The summed E-state index contributed by atoms with van der Waals surface area (Å²) >= 11 is 0. The quantitative estimate of drug-likeness (QED) is 0.406. The number of amides is 1. The highest BCUT2D eigenvalue weighted by Crippen LogP contribution is 2.27. The van der Waals surface area contributed by atoms with Crippen LogP contribution in [0.5, 0.6) is 11.5 Å². The number of hydrogen-bond donors (Lipinski definition) is 4. The van der Waals surface area contributed by atoms with Crippen LogP contribution in [0.15, 0.2) is 24.3 Å². The van der Waals surface area contributed by atoms with E-state index in [0.717, 1.165) is 0 Å². The Balaban J connectivity index is 2.26. The molecule has 1 aliphatic rings. The van der Waals surface area contributed by atoms with E-state index < -0.39 is 53.6 Å². The van der Waals surface area contributed by atoms with Gasteiger partial charge in [-0.15, -0.1) is 0 Å². The van der Waals surface area contributed by atoms with Gasteiger partial charge in [0.2, 0.25) is 12.2 Å². The van der Waals surface area contributed by atoms with Gasteiger partial charge in [-0.2, -0.15) is 8.42 Å². The number of carbonyl (C=O) groups is 1. The molecule has 0 bridgehead atoms. The molecule has 27 heavy (non-hydrogen) atoms. The monoisotopic (exact) mass is 407 g/mol. The van der Waals surface area contributed by atoms with E-state index in [1.165, 1.54) is 14.0 Å². The van der Waals surface area contributed by atoms with Gasteiger partial charge in [0.05, 0.1) is 13.7 Å². The molecular formula is C15H21NO10S. The number of nitrogens with one attached hydrogen (secondary N) is 1. The Bertz CT molecular complexity index is 737. The number of carbonyl (C=O) groups excluding carboxylic acids is 1. The third kappa shape index (κ3) is 5.76. The Morgan fingerprint density at radius 3 is 2.33 bits per heavy atom. The van der Waals surface area contributed by atoms with Crippen LogP contribution in [0.2, 0.25) is 0 Å². The van der Waals surface area contributed by atoms with Gasteiger partial charge in [0, 0.05) is 6.92 Å². The molecule has 1 saturated heterocycles. The molecule has 2 unspecified atom stereocenters. The zero-order chi connectivity index (χ0) is 20.2. The van der Waals surface area contributed by atoms with E-state index in [2.05, 4.69) is 9.50 Å². The molecule has 1 fully saturated rings. The fraction of sp³-hybridized carbons (Fsp3) is 0.533. The molecule has 1 aromatic rings. The van der Waals surface area contributed by atoms with Gasteiger partial charge in [0.25, 0.3) is 0 Å². The third-order valence-electron chi connectivity index (χ3n) is 3.77. The summed E-state index contributed by atoms with van der Waals surface area (Å²) < 4.78 is 51.4. The minimum absolute atomic E-state index is 0.300. The predicted molar refractivity (Wildman–Crippen MR) is 89.4 cm³/mol. The van der Waals surface area contributed by atoms with Gasteiger partial charge in [0.1, 0.15) is 35.9 Å². The van der Waals surface area contributed by atoms with Crippen molar-refractivity contribution in [3.05, 3.63) is 24.3 Å². The van der Waals surface area contributed by atoms with Crippen molar-refractivity contribution in [2.75, 3.05) is 13.7 Å². The smallest absolute Gasteiger partial charge is 0.397 e. The topological polar surface area (TPSA) is 161 Å². The van der Waals surface area contributed by atoms with Gasteiger partial charge < -0.3 is 29.7 Å². The molecule has 0 spiro atoms. The van der Waals surface area contributed by atoms with Gasteiger partial charge in [-0.3, -0.25) is 9.35 Å². The summed E-state index contributed by atoms with van der Waals surface area (Å²) in [4.78, 5) is 11.5. The molecule has 2 rings (SSSR count). The lowest BCUT2D eigenvalue weighted by molar-refractivity contribution is -0.239. The SMILES string of the molecule is COc1ccc(O[C@@H]2OC(CO)[C@H](OS(=O)(=O)O)[C@H](O)C2NC(C)=O)cc1. The van der Waals surface area contributed by atoms with Crippen LogP contribution in [-0.4, -0.2) is 73.5 Å². The number of ether oxygens (including phenoxy) is 3. The van der Waals surface area contributed by atoms with E-state index in [4.69, 9.17) is 18.8 Å². The number of aliphatic hydroxyl groups is 2. The number of aliphatic hydroxyl groups excluding tert-OH is 2. The minimum Gasteiger partial charge on any atom is -0.497 e. The van der Waals surface area contributed by atoms with Gasteiger partial charge >= 0.3 is 10.4 Å². The molecule has 152 valence electrons. The highest BCUT2D eigenvalue weighted by atomic mass is 32.3. The summed E-state index contributed by atoms with van der Waals surface area (Å²) in [5.41, 5.74) is 0. The van der Waals surface area contributed by atoms with Crippen molar-refractivity contribution < 1.29 is 46.4 Å². The zero-order valence-electron chi connectivity index (χ0n) is 14.5. The Kier molecular flexibility index (Phi) is 6.97.